The minimum atomic E-state index is -0.376. The van der Waals surface area contributed by atoms with Crippen molar-refractivity contribution in [2.75, 3.05) is 23.3 Å². The molecule has 1 saturated heterocycles. The molecule has 1 amide bonds. The van der Waals surface area contributed by atoms with Gasteiger partial charge in [0.1, 0.15) is 22.2 Å². The van der Waals surface area contributed by atoms with Crippen molar-refractivity contribution in [2.45, 2.75) is 31.3 Å². The summed E-state index contributed by atoms with van der Waals surface area (Å²) in [6.07, 6.45) is 8.89. The SMILES string of the molecule is O=C1O[C@]2(CC[C@H](CNc3ccc(-c4nccs4)cn3)CC2)CN1c1ccccn1. The predicted octanol–water partition coefficient (Wildman–Crippen LogP) is 4.60. The summed E-state index contributed by atoms with van der Waals surface area (Å²) in [5.41, 5.74) is 0.661. The highest BCUT2D eigenvalue weighted by Crippen LogP contribution is 2.40. The molecule has 5 rings (SSSR count). The van der Waals surface area contributed by atoms with E-state index in [4.69, 9.17) is 4.74 Å². The second-order valence-corrected chi connectivity index (χ2v) is 8.81. The average molecular weight is 422 g/mol. The van der Waals surface area contributed by atoms with Crippen molar-refractivity contribution in [2.24, 2.45) is 5.92 Å². The lowest BCUT2D eigenvalue weighted by Crippen LogP contribution is -2.39. The maximum atomic E-state index is 12.4. The summed E-state index contributed by atoms with van der Waals surface area (Å²) in [7, 11) is 0. The van der Waals surface area contributed by atoms with Crippen LogP contribution < -0.4 is 10.2 Å². The molecule has 154 valence electrons. The van der Waals surface area contributed by atoms with Gasteiger partial charge in [-0.3, -0.25) is 4.90 Å². The van der Waals surface area contributed by atoms with E-state index in [1.165, 1.54) is 0 Å². The molecule has 1 saturated carbocycles. The van der Waals surface area contributed by atoms with Gasteiger partial charge < -0.3 is 10.1 Å². The lowest BCUT2D eigenvalue weighted by Gasteiger charge is -2.35. The van der Waals surface area contributed by atoms with Gasteiger partial charge in [-0.15, -0.1) is 11.3 Å². The number of pyridine rings is 2. The summed E-state index contributed by atoms with van der Waals surface area (Å²) >= 11 is 1.61. The molecule has 1 aliphatic heterocycles. The highest BCUT2D eigenvalue weighted by molar-refractivity contribution is 7.13. The number of carbonyl (C=O) groups is 1. The number of thiazole rings is 1. The van der Waals surface area contributed by atoms with Crippen LogP contribution in [0.3, 0.4) is 0 Å². The Bertz CT molecular complexity index is 986. The number of hydrogen-bond acceptors (Lipinski definition) is 7. The van der Waals surface area contributed by atoms with Crippen LogP contribution in [0.2, 0.25) is 0 Å². The highest BCUT2D eigenvalue weighted by atomic mass is 32.1. The van der Waals surface area contributed by atoms with Gasteiger partial charge in [0, 0.05) is 36.1 Å². The first-order valence-electron chi connectivity index (χ1n) is 10.2. The highest BCUT2D eigenvalue weighted by Gasteiger charge is 2.47. The molecule has 30 heavy (non-hydrogen) atoms. The number of carbonyl (C=O) groups excluding carboxylic acids is 1. The first-order chi connectivity index (χ1) is 14.7. The van der Waals surface area contributed by atoms with Gasteiger partial charge in [-0.25, -0.2) is 19.7 Å². The van der Waals surface area contributed by atoms with Crippen molar-refractivity contribution in [3.05, 3.63) is 54.3 Å². The predicted molar refractivity (Wildman–Crippen MR) is 117 cm³/mol. The lowest BCUT2D eigenvalue weighted by molar-refractivity contribution is 0.0148. The zero-order valence-electron chi connectivity index (χ0n) is 16.5. The Morgan fingerprint density at radius 1 is 1.13 bits per heavy atom. The molecule has 0 atom stereocenters. The lowest BCUT2D eigenvalue weighted by atomic mass is 9.78. The molecule has 1 N–H and O–H groups in total. The quantitative estimate of drug-likeness (QED) is 0.649. The van der Waals surface area contributed by atoms with E-state index in [1.54, 1.807) is 28.6 Å². The fourth-order valence-corrected chi connectivity index (χ4v) is 4.85. The third-order valence-electron chi connectivity index (χ3n) is 5.93. The minimum Gasteiger partial charge on any atom is -0.441 e. The van der Waals surface area contributed by atoms with E-state index in [0.29, 0.717) is 18.3 Å². The zero-order valence-corrected chi connectivity index (χ0v) is 17.3. The fraction of sp³-hybridized carbons (Fsp3) is 0.364. The van der Waals surface area contributed by atoms with Gasteiger partial charge in [-0.2, -0.15) is 0 Å². The Balaban J connectivity index is 1.14. The van der Waals surface area contributed by atoms with Gasteiger partial charge in [0.25, 0.3) is 0 Å². The van der Waals surface area contributed by atoms with E-state index in [1.807, 2.05) is 41.9 Å². The molecule has 1 spiro atoms. The first-order valence-corrected chi connectivity index (χ1v) is 11.1. The van der Waals surface area contributed by atoms with Gasteiger partial charge in [-0.1, -0.05) is 6.07 Å². The summed E-state index contributed by atoms with van der Waals surface area (Å²) in [6, 6.07) is 9.64. The van der Waals surface area contributed by atoms with E-state index < -0.39 is 0 Å². The van der Waals surface area contributed by atoms with Crippen molar-refractivity contribution in [1.29, 1.82) is 0 Å². The summed E-state index contributed by atoms with van der Waals surface area (Å²) in [5.74, 6) is 2.08. The number of hydrogen-bond donors (Lipinski definition) is 1. The molecular weight excluding hydrogens is 398 g/mol. The van der Waals surface area contributed by atoms with Gasteiger partial charge in [0.05, 0.1) is 6.54 Å². The Labute approximate surface area is 179 Å². The molecule has 2 aliphatic rings. The van der Waals surface area contributed by atoms with E-state index in [2.05, 4.69) is 20.3 Å². The fourth-order valence-electron chi connectivity index (χ4n) is 4.22. The number of nitrogens with one attached hydrogen (secondary N) is 1. The van der Waals surface area contributed by atoms with Crippen LogP contribution in [0.25, 0.3) is 10.6 Å². The molecule has 0 unspecified atom stereocenters. The topological polar surface area (TPSA) is 80.2 Å². The summed E-state index contributed by atoms with van der Waals surface area (Å²) in [4.78, 5) is 27.2. The molecule has 4 heterocycles. The number of nitrogens with zero attached hydrogens (tertiary/aromatic N) is 4. The molecule has 3 aromatic heterocycles. The second-order valence-electron chi connectivity index (χ2n) is 7.92. The largest absolute Gasteiger partial charge is 0.441 e. The third kappa shape index (κ3) is 3.87. The van der Waals surface area contributed by atoms with Gasteiger partial charge in [0.15, 0.2) is 0 Å². The Hall–Kier alpha value is -3.00. The summed E-state index contributed by atoms with van der Waals surface area (Å²) in [6.45, 7) is 1.46. The smallest absolute Gasteiger partial charge is 0.416 e. The van der Waals surface area contributed by atoms with Crippen molar-refractivity contribution in [3.63, 3.8) is 0 Å². The van der Waals surface area contributed by atoms with E-state index in [0.717, 1.165) is 48.6 Å². The Kier molecular flexibility index (Phi) is 5.08. The molecule has 0 radical (unpaired) electrons. The number of aromatic nitrogens is 3. The molecule has 1 aliphatic carbocycles. The Morgan fingerprint density at radius 2 is 2.03 bits per heavy atom. The normalized spacial score (nSPS) is 23.5. The van der Waals surface area contributed by atoms with Gasteiger partial charge in [0.2, 0.25) is 0 Å². The van der Waals surface area contributed by atoms with Crippen molar-refractivity contribution in [1.82, 2.24) is 15.0 Å². The molecule has 2 fully saturated rings. The van der Waals surface area contributed by atoms with Crippen LogP contribution in [0.4, 0.5) is 16.4 Å². The first kappa shape index (κ1) is 19.0. The van der Waals surface area contributed by atoms with Crippen LogP contribution in [0.1, 0.15) is 25.7 Å². The van der Waals surface area contributed by atoms with Crippen molar-refractivity contribution >= 4 is 29.1 Å². The summed E-state index contributed by atoms with van der Waals surface area (Å²) < 4.78 is 5.83. The molecule has 0 bridgehead atoms. The summed E-state index contributed by atoms with van der Waals surface area (Å²) in [5, 5.41) is 6.40. The maximum absolute atomic E-state index is 12.4. The molecule has 7 nitrogen and oxygen atoms in total. The average Bonchev–Trinajstić information content (AvgIpc) is 3.43. The van der Waals surface area contributed by atoms with Gasteiger partial charge >= 0.3 is 6.09 Å². The minimum absolute atomic E-state index is 0.283. The van der Waals surface area contributed by atoms with Crippen LogP contribution in [-0.4, -0.2) is 39.7 Å². The van der Waals surface area contributed by atoms with Crippen molar-refractivity contribution < 1.29 is 9.53 Å². The molecular formula is C22H23N5O2S. The van der Waals surface area contributed by atoms with Crippen LogP contribution in [0.5, 0.6) is 0 Å². The Morgan fingerprint density at radius 3 is 2.73 bits per heavy atom. The number of rotatable bonds is 5. The van der Waals surface area contributed by atoms with Crippen molar-refractivity contribution in [3.8, 4) is 10.6 Å². The monoisotopic (exact) mass is 421 g/mol. The maximum Gasteiger partial charge on any atom is 0.416 e. The number of anilines is 2. The molecule has 0 aromatic carbocycles. The van der Waals surface area contributed by atoms with Crippen LogP contribution in [-0.2, 0) is 4.74 Å². The zero-order chi connectivity index (χ0) is 20.4. The number of ether oxygens (including phenoxy) is 1. The van der Waals surface area contributed by atoms with E-state index in [-0.39, 0.29) is 11.7 Å². The van der Waals surface area contributed by atoms with Crippen LogP contribution >= 0.6 is 11.3 Å². The third-order valence-corrected chi connectivity index (χ3v) is 6.75. The van der Waals surface area contributed by atoms with Gasteiger partial charge in [-0.05, 0) is 55.9 Å². The standard InChI is InChI=1S/C22H23N5O2S/c28-21-27(19-3-1-2-10-23-19)15-22(29-21)8-6-16(7-9-22)13-25-18-5-4-17(14-26-18)20-24-11-12-30-20/h1-5,10-12,14,16H,6-9,13,15H2,(H,25,26)/t16-,22-. The van der Waals surface area contributed by atoms with Crippen LogP contribution in [0, 0.1) is 5.92 Å². The van der Waals surface area contributed by atoms with E-state index in [9.17, 15) is 4.79 Å². The molecule has 3 aromatic rings. The van der Waals surface area contributed by atoms with Crippen LogP contribution in [0.15, 0.2) is 54.3 Å². The second kappa shape index (κ2) is 8.02. The molecule has 8 heteroatoms. The number of amides is 1. The van der Waals surface area contributed by atoms with E-state index >= 15 is 0 Å².